The highest BCUT2D eigenvalue weighted by Gasteiger charge is 2.19. The van der Waals surface area contributed by atoms with Gasteiger partial charge in [-0.25, -0.2) is 4.98 Å². The van der Waals surface area contributed by atoms with Crippen LogP contribution in [0.4, 0.5) is 5.82 Å². The van der Waals surface area contributed by atoms with Crippen LogP contribution in [-0.2, 0) is 0 Å². The molecule has 4 heteroatoms. The molecule has 0 aromatic carbocycles. The lowest BCUT2D eigenvalue weighted by Gasteiger charge is -2.26. The normalized spacial score (nSPS) is 15.8. The molecule has 1 fully saturated rings. The van der Waals surface area contributed by atoms with Gasteiger partial charge in [0, 0.05) is 27.2 Å². The second kappa shape index (κ2) is 5.17. The topological polar surface area (TPSA) is 36.4 Å². The number of aromatic nitrogens is 1. The van der Waals surface area contributed by atoms with Gasteiger partial charge < -0.3 is 9.80 Å². The van der Waals surface area contributed by atoms with E-state index in [1.807, 2.05) is 36.0 Å². The molecule has 0 spiro atoms. The molecular weight excluding hydrogens is 214 g/mol. The van der Waals surface area contributed by atoms with Crippen LogP contribution in [0.5, 0.6) is 0 Å². The van der Waals surface area contributed by atoms with Gasteiger partial charge in [0.15, 0.2) is 0 Å². The number of rotatable bonds is 2. The molecule has 0 aliphatic carbocycles. The van der Waals surface area contributed by atoms with Crippen molar-refractivity contribution in [3.8, 4) is 0 Å². The Morgan fingerprint density at radius 1 is 1.24 bits per heavy atom. The van der Waals surface area contributed by atoms with E-state index in [1.165, 1.54) is 6.42 Å². The fraction of sp³-hybridized carbons (Fsp3) is 0.538. The molecule has 0 saturated carbocycles. The van der Waals surface area contributed by atoms with Gasteiger partial charge in [-0.15, -0.1) is 0 Å². The average Bonchev–Trinajstić information content (AvgIpc) is 2.39. The summed E-state index contributed by atoms with van der Waals surface area (Å²) in [4.78, 5) is 20.4. The largest absolute Gasteiger partial charge is 0.363 e. The molecule has 0 radical (unpaired) electrons. The summed E-state index contributed by atoms with van der Waals surface area (Å²) in [5.41, 5.74) is 0.554. The number of likely N-dealkylation sites (tertiary alicyclic amines) is 1. The quantitative estimate of drug-likeness (QED) is 0.781. The smallest absolute Gasteiger partial charge is 0.272 e. The molecule has 1 aliphatic heterocycles. The van der Waals surface area contributed by atoms with E-state index in [2.05, 4.69) is 4.98 Å². The third-order valence-electron chi connectivity index (χ3n) is 3.05. The first-order valence-corrected chi connectivity index (χ1v) is 6.12. The van der Waals surface area contributed by atoms with Crippen molar-refractivity contribution in [1.82, 2.24) is 9.88 Å². The van der Waals surface area contributed by atoms with E-state index >= 15 is 0 Å². The third kappa shape index (κ3) is 2.75. The Hall–Kier alpha value is -1.58. The van der Waals surface area contributed by atoms with Crippen LogP contribution in [0.15, 0.2) is 18.2 Å². The van der Waals surface area contributed by atoms with Crippen molar-refractivity contribution in [3.63, 3.8) is 0 Å². The monoisotopic (exact) mass is 233 g/mol. The van der Waals surface area contributed by atoms with Crippen LogP contribution in [0.3, 0.4) is 0 Å². The first-order valence-electron chi connectivity index (χ1n) is 6.12. The van der Waals surface area contributed by atoms with Gasteiger partial charge in [-0.3, -0.25) is 4.79 Å². The highest BCUT2D eigenvalue weighted by atomic mass is 16.2. The molecule has 1 aliphatic rings. The zero-order chi connectivity index (χ0) is 12.3. The Morgan fingerprint density at radius 3 is 2.59 bits per heavy atom. The number of carbonyl (C=O) groups is 1. The van der Waals surface area contributed by atoms with E-state index in [-0.39, 0.29) is 5.91 Å². The number of nitrogens with zero attached hydrogens (tertiary/aromatic N) is 3. The number of anilines is 1. The van der Waals surface area contributed by atoms with Crippen molar-refractivity contribution in [2.75, 3.05) is 32.1 Å². The molecule has 0 atom stereocenters. The summed E-state index contributed by atoms with van der Waals surface area (Å²) in [5.74, 6) is 0.890. The van der Waals surface area contributed by atoms with E-state index < -0.39 is 0 Å². The van der Waals surface area contributed by atoms with Crippen LogP contribution >= 0.6 is 0 Å². The van der Waals surface area contributed by atoms with Gasteiger partial charge in [0.1, 0.15) is 11.5 Å². The lowest BCUT2D eigenvalue weighted by molar-refractivity contribution is 0.0718. The van der Waals surface area contributed by atoms with Gasteiger partial charge in [0.25, 0.3) is 5.91 Å². The SMILES string of the molecule is CN(C)c1cccc(C(=O)N2CCCCC2)n1. The van der Waals surface area contributed by atoms with E-state index in [4.69, 9.17) is 0 Å². The zero-order valence-corrected chi connectivity index (χ0v) is 10.5. The molecule has 0 N–H and O–H groups in total. The van der Waals surface area contributed by atoms with Crippen LogP contribution in [0.2, 0.25) is 0 Å². The molecule has 1 saturated heterocycles. The second-order valence-corrected chi connectivity index (χ2v) is 4.63. The molecule has 1 aromatic heterocycles. The van der Waals surface area contributed by atoms with Gasteiger partial charge in [0.2, 0.25) is 0 Å². The summed E-state index contributed by atoms with van der Waals surface area (Å²) >= 11 is 0. The van der Waals surface area contributed by atoms with Crippen molar-refractivity contribution in [1.29, 1.82) is 0 Å². The fourth-order valence-corrected chi connectivity index (χ4v) is 2.05. The Morgan fingerprint density at radius 2 is 1.94 bits per heavy atom. The van der Waals surface area contributed by atoms with E-state index in [0.717, 1.165) is 31.7 Å². The summed E-state index contributed by atoms with van der Waals surface area (Å²) in [7, 11) is 3.86. The standard InChI is InChI=1S/C13H19N3O/c1-15(2)12-8-6-7-11(14-12)13(17)16-9-4-3-5-10-16/h6-8H,3-5,9-10H2,1-2H3. The summed E-state index contributed by atoms with van der Waals surface area (Å²) in [5, 5.41) is 0. The van der Waals surface area contributed by atoms with Crippen LogP contribution in [0.25, 0.3) is 0 Å². The van der Waals surface area contributed by atoms with Crippen molar-refractivity contribution in [2.45, 2.75) is 19.3 Å². The molecule has 2 heterocycles. The Bertz CT molecular complexity index is 397. The predicted octanol–water partition coefficient (Wildman–Crippen LogP) is 1.77. The number of piperidine rings is 1. The van der Waals surface area contributed by atoms with Crippen molar-refractivity contribution in [3.05, 3.63) is 23.9 Å². The predicted molar refractivity (Wildman–Crippen MR) is 68.3 cm³/mol. The molecule has 92 valence electrons. The number of amides is 1. The third-order valence-corrected chi connectivity index (χ3v) is 3.05. The minimum absolute atomic E-state index is 0.0633. The Balaban J connectivity index is 2.15. The Kier molecular flexibility index (Phi) is 3.61. The van der Waals surface area contributed by atoms with Crippen molar-refractivity contribution < 1.29 is 4.79 Å². The summed E-state index contributed by atoms with van der Waals surface area (Å²) in [6.45, 7) is 1.74. The molecule has 2 rings (SSSR count). The van der Waals surface area contributed by atoms with Gasteiger partial charge >= 0.3 is 0 Å². The van der Waals surface area contributed by atoms with Gasteiger partial charge in [-0.2, -0.15) is 0 Å². The van der Waals surface area contributed by atoms with Crippen LogP contribution in [-0.4, -0.2) is 43.0 Å². The minimum Gasteiger partial charge on any atom is -0.363 e. The van der Waals surface area contributed by atoms with Crippen LogP contribution < -0.4 is 4.90 Å². The van der Waals surface area contributed by atoms with Crippen LogP contribution in [0.1, 0.15) is 29.8 Å². The molecule has 0 bridgehead atoms. The summed E-state index contributed by atoms with van der Waals surface area (Å²) in [6.07, 6.45) is 3.45. The van der Waals surface area contributed by atoms with E-state index in [9.17, 15) is 4.79 Å². The maximum Gasteiger partial charge on any atom is 0.272 e. The number of pyridine rings is 1. The Labute approximate surface area is 102 Å². The maximum absolute atomic E-state index is 12.2. The molecule has 0 unspecified atom stereocenters. The first-order chi connectivity index (χ1) is 8.18. The number of hydrogen-bond donors (Lipinski definition) is 0. The summed E-state index contributed by atoms with van der Waals surface area (Å²) < 4.78 is 0. The first kappa shape index (κ1) is 11.9. The lowest BCUT2D eigenvalue weighted by atomic mass is 10.1. The highest BCUT2D eigenvalue weighted by molar-refractivity contribution is 5.92. The molecule has 1 amide bonds. The molecule has 1 aromatic rings. The van der Waals surface area contributed by atoms with Gasteiger partial charge in [-0.05, 0) is 31.4 Å². The average molecular weight is 233 g/mol. The van der Waals surface area contributed by atoms with E-state index in [0.29, 0.717) is 5.69 Å². The number of carbonyl (C=O) groups excluding carboxylic acids is 1. The van der Waals surface area contributed by atoms with Crippen LogP contribution in [0, 0.1) is 0 Å². The van der Waals surface area contributed by atoms with Crippen molar-refractivity contribution >= 4 is 11.7 Å². The molecule has 4 nitrogen and oxygen atoms in total. The minimum atomic E-state index is 0.0633. The fourth-order valence-electron chi connectivity index (χ4n) is 2.05. The van der Waals surface area contributed by atoms with Gasteiger partial charge in [-0.1, -0.05) is 6.07 Å². The number of hydrogen-bond acceptors (Lipinski definition) is 3. The molecule has 17 heavy (non-hydrogen) atoms. The maximum atomic E-state index is 12.2. The molecular formula is C13H19N3O. The lowest BCUT2D eigenvalue weighted by Crippen LogP contribution is -2.36. The van der Waals surface area contributed by atoms with E-state index in [1.54, 1.807) is 6.07 Å². The van der Waals surface area contributed by atoms with Crippen molar-refractivity contribution in [2.24, 2.45) is 0 Å². The highest BCUT2D eigenvalue weighted by Crippen LogP contribution is 2.14. The second-order valence-electron chi connectivity index (χ2n) is 4.63. The summed E-state index contributed by atoms with van der Waals surface area (Å²) in [6, 6.07) is 5.59. The van der Waals surface area contributed by atoms with Gasteiger partial charge in [0.05, 0.1) is 0 Å². The zero-order valence-electron chi connectivity index (χ0n) is 10.5.